The molecule has 0 saturated heterocycles. The van der Waals surface area contributed by atoms with Crippen LogP contribution in [0.15, 0.2) is 72.9 Å². The number of amides is 1. The molecule has 1 aromatic heterocycles. The first kappa shape index (κ1) is 20.8. The van der Waals surface area contributed by atoms with Crippen molar-refractivity contribution in [3.05, 3.63) is 95.4 Å². The van der Waals surface area contributed by atoms with Gasteiger partial charge in [-0.25, -0.2) is 14.0 Å². The molecule has 7 heteroatoms. The zero-order valence-electron chi connectivity index (χ0n) is 17.5. The first-order valence-electron chi connectivity index (χ1n) is 10.6. The van der Waals surface area contributed by atoms with Gasteiger partial charge in [-0.2, -0.15) is 0 Å². The number of para-hydroxylation sites is 1. The minimum Gasteiger partial charge on any atom is -0.480 e. The minimum absolute atomic E-state index is 0.0109. The van der Waals surface area contributed by atoms with E-state index < -0.39 is 23.9 Å². The maximum absolute atomic E-state index is 13.9. The number of rotatable bonds is 6. The molecule has 166 valence electrons. The van der Waals surface area contributed by atoms with Gasteiger partial charge in [-0.1, -0.05) is 60.7 Å². The monoisotopic (exact) mass is 444 g/mol. The van der Waals surface area contributed by atoms with Crippen LogP contribution in [0.4, 0.5) is 9.18 Å². The van der Waals surface area contributed by atoms with E-state index >= 15 is 0 Å². The molecule has 0 bridgehead atoms. The molecule has 0 radical (unpaired) electrons. The third-order valence-electron chi connectivity index (χ3n) is 6.11. The minimum atomic E-state index is -1.22. The number of aliphatic carboxylic acids is 1. The molecule has 3 aromatic carbocycles. The number of aromatic amines is 1. The molecule has 0 saturated carbocycles. The highest BCUT2D eigenvalue weighted by atomic mass is 19.1. The van der Waals surface area contributed by atoms with Crippen molar-refractivity contribution in [3.8, 4) is 11.1 Å². The first-order valence-corrected chi connectivity index (χ1v) is 10.6. The fourth-order valence-electron chi connectivity index (χ4n) is 4.55. The Labute approximate surface area is 189 Å². The van der Waals surface area contributed by atoms with Crippen LogP contribution in [0, 0.1) is 5.82 Å². The molecule has 1 amide bonds. The number of alkyl carbamates (subject to hydrolysis) is 1. The van der Waals surface area contributed by atoms with E-state index in [2.05, 4.69) is 10.3 Å². The third kappa shape index (κ3) is 3.82. The Bertz CT molecular complexity index is 1320. The lowest BCUT2D eigenvalue weighted by molar-refractivity contribution is -0.139. The van der Waals surface area contributed by atoms with Gasteiger partial charge in [-0.15, -0.1) is 0 Å². The number of ether oxygens (including phenoxy) is 1. The van der Waals surface area contributed by atoms with Gasteiger partial charge in [0.15, 0.2) is 0 Å². The summed E-state index contributed by atoms with van der Waals surface area (Å²) in [4.78, 5) is 27.1. The van der Waals surface area contributed by atoms with Crippen LogP contribution in [-0.4, -0.2) is 34.8 Å². The number of hydrogen-bond donors (Lipinski definition) is 3. The van der Waals surface area contributed by atoms with Crippen LogP contribution in [0.1, 0.15) is 22.6 Å². The lowest BCUT2D eigenvalue weighted by Crippen LogP contribution is -2.42. The number of fused-ring (bicyclic) bond motifs is 4. The Hall–Kier alpha value is -4.13. The van der Waals surface area contributed by atoms with Gasteiger partial charge in [0, 0.05) is 23.9 Å². The Kier molecular flexibility index (Phi) is 5.30. The first-order chi connectivity index (χ1) is 16.0. The van der Waals surface area contributed by atoms with Crippen LogP contribution >= 0.6 is 0 Å². The predicted octanol–water partition coefficient (Wildman–Crippen LogP) is 4.84. The van der Waals surface area contributed by atoms with Gasteiger partial charge < -0.3 is 20.1 Å². The molecule has 4 aromatic rings. The SMILES string of the molecule is O=C(N[C@H](Cc1c[nH]c2c(F)cccc12)C(=O)O)OCC1c2ccccc2-c2ccccc21. The predicted molar refractivity (Wildman–Crippen MR) is 122 cm³/mol. The van der Waals surface area contributed by atoms with Gasteiger partial charge in [0.05, 0.1) is 5.52 Å². The Morgan fingerprint density at radius 3 is 2.33 bits per heavy atom. The number of carboxylic acids is 1. The summed E-state index contributed by atoms with van der Waals surface area (Å²) in [5.41, 5.74) is 5.26. The Morgan fingerprint density at radius 2 is 1.67 bits per heavy atom. The number of aromatic nitrogens is 1. The number of benzene rings is 3. The molecule has 1 heterocycles. The zero-order chi connectivity index (χ0) is 22.9. The highest BCUT2D eigenvalue weighted by Crippen LogP contribution is 2.44. The molecule has 33 heavy (non-hydrogen) atoms. The Balaban J connectivity index is 1.29. The third-order valence-corrected chi connectivity index (χ3v) is 6.11. The average molecular weight is 444 g/mol. The zero-order valence-corrected chi connectivity index (χ0v) is 17.5. The van der Waals surface area contributed by atoms with E-state index in [-0.39, 0.29) is 18.9 Å². The van der Waals surface area contributed by atoms with E-state index in [1.54, 1.807) is 18.3 Å². The summed E-state index contributed by atoms with van der Waals surface area (Å²) in [5.74, 6) is -1.74. The maximum Gasteiger partial charge on any atom is 0.407 e. The molecule has 1 aliphatic carbocycles. The summed E-state index contributed by atoms with van der Waals surface area (Å²) in [7, 11) is 0. The Morgan fingerprint density at radius 1 is 1.00 bits per heavy atom. The van der Waals surface area contributed by atoms with E-state index in [1.807, 2.05) is 48.5 Å². The largest absolute Gasteiger partial charge is 0.480 e. The smallest absolute Gasteiger partial charge is 0.407 e. The maximum atomic E-state index is 13.9. The van der Waals surface area contributed by atoms with Crippen molar-refractivity contribution in [2.24, 2.45) is 0 Å². The number of carboxylic acid groups (broad SMARTS) is 1. The van der Waals surface area contributed by atoms with Crippen molar-refractivity contribution in [2.45, 2.75) is 18.4 Å². The summed E-state index contributed by atoms with van der Waals surface area (Å²) in [5, 5.41) is 12.7. The van der Waals surface area contributed by atoms with Crippen molar-refractivity contribution in [1.82, 2.24) is 10.3 Å². The quantitative estimate of drug-likeness (QED) is 0.397. The van der Waals surface area contributed by atoms with Gasteiger partial charge in [0.1, 0.15) is 18.5 Å². The summed E-state index contributed by atoms with van der Waals surface area (Å²) in [6, 6.07) is 19.3. The van der Waals surface area contributed by atoms with Crippen LogP contribution in [0.3, 0.4) is 0 Å². The van der Waals surface area contributed by atoms with Gasteiger partial charge in [-0.05, 0) is 33.9 Å². The number of halogens is 1. The molecule has 3 N–H and O–H groups in total. The molecule has 5 rings (SSSR count). The number of H-pyrrole nitrogens is 1. The van der Waals surface area contributed by atoms with E-state index in [9.17, 15) is 19.1 Å². The molecule has 0 fully saturated rings. The fraction of sp³-hybridized carbons (Fsp3) is 0.154. The van der Waals surface area contributed by atoms with Crippen LogP contribution in [0.2, 0.25) is 0 Å². The second kappa shape index (κ2) is 8.43. The van der Waals surface area contributed by atoms with Crippen molar-refractivity contribution in [3.63, 3.8) is 0 Å². The molecule has 0 aliphatic heterocycles. The van der Waals surface area contributed by atoms with Crippen molar-refractivity contribution < 1.29 is 23.8 Å². The van der Waals surface area contributed by atoms with E-state index in [1.165, 1.54) is 6.07 Å². The summed E-state index contributed by atoms with van der Waals surface area (Å²) in [6.45, 7) is 0.0878. The van der Waals surface area contributed by atoms with Crippen LogP contribution in [0.25, 0.3) is 22.0 Å². The van der Waals surface area contributed by atoms with Crippen LogP contribution in [0.5, 0.6) is 0 Å². The van der Waals surface area contributed by atoms with Gasteiger partial charge in [-0.3, -0.25) is 0 Å². The number of carbonyl (C=O) groups is 2. The van der Waals surface area contributed by atoms with E-state index in [4.69, 9.17) is 4.74 Å². The highest BCUT2D eigenvalue weighted by Gasteiger charge is 2.30. The molecule has 6 nitrogen and oxygen atoms in total. The average Bonchev–Trinajstić information content (AvgIpc) is 3.37. The van der Waals surface area contributed by atoms with Gasteiger partial charge >= 0.3 is 12.1 Å². The standard InChI is InChI=1S/C26H21FN2O4/c27-22-11-5-10-16-15(13-28-24(16)22)12-23(25(30)31)29-26(32)33-14-21-19-8-3-1-6-17(19)18-7-2-4-9-20(18)21/h1-11,13,21,23,28H,12,14H2,(H,29,32)(H,30,31)/t23-/m1/s1. The molecular weight excluding hydrogens is 423 g/mol. The van der Waals surface area contributed by atoms with Crippen LogP contribution < -0.4 is 5.32 Å². The normalized spacial score (nSPS) is 13.4. The summed E-state index contributed by atoms with van der Waals surface area (Å²) in [6.07, 6.45) is 0.738. The molecule has 1 atom stereocenters. The highest BCUT2D eigenvalue weighted by molar-refractivity contribution is 5.86. The second-order valence-electron chi connectivity index (χ2n) is 8.04. The molecular formula is C26H21FN2O4. The van der Waals surface area contributed by atoms with Gasteiger partial charge in [0.2, 0.25) is 0 Å². The topological polar surface area (TPSA) is 91.4 Å². The van der Waals surface area contributed by atoms with Crippen molar-refractivity contribution >= 4 is 23.0 Å². The summed E-state index contributed by atoms with van der Waals surface area (Å²) < 4.78 is 19.4. The lowest BCUT2D eigenvalue weighted by Gasteiger charge is -2.17. The lowest BCUT2D eigenvalue weighted by atomic mass is 9.98. The number of hydrogen-bond acceptors (Lipinski definition) is 3. The fourth-order valence-corrected chi connectivity index (χ4v) is 4.55. The molecule has 1 aliphatic rings. The summed E-state index contributed by atoms with van der Waals surface area (Å²) >= 11 is 0. The molecule has 0 unspecified atom stereocenters. The molecule has 0 spiro atoms. The number of carbonyl (C=O) groups excluding carboxylic acids is 1. The van der Waals surface area contributed by atoms with Crippen molar-refractivity contribution in [2.75, 3.05) is 6.61 Å². The van der Waals surface area contributed by atoms with E-state index in [0.717, 1.165) is 22.3 Å². The van der Waals surface area contributed by atoms with Gasteiger partial charge in [0.25, 0.3) is 0 Å². The number of nitrogens with one attached hydrogen (secondary N) is 2. The van der Waals surface area contributed by atoms with E-state index in [0.29, 0.717) is 16.5 Å². The van der Waals surface area contributed by atoms with Crippen LogP contribution in [-0.2, 0) is 16.0 Å². The second-order valence-corrected chi connectivity index (χ2v) is 8.04. The van der Waals surface area contributed by atoms with Crippen molar-refractivity contribution in [1.29, 1.82) is 0 Å².